The van der Waals surface area contributed by atoms with E-state index >= 15 is 0 Å². The maximum Gasteiger partial charge on any atom is 0.163 e. The van der Waals surface area contributed by atoms with Crippen LogP contribution in [0.1, 0.15) is 12.8 Å². The number of pyridine rings is 2. The molecule has 6 heteroatoms. The normalized spacial score (nSPS) is 18.1. The summed E-state index contributed by atoms with van der Waals surface area (Å²) < 4.78 is 5.09. The molecule has 2 aromatic rings. The molecular formula is C15H18ClN3O2. The topological polar surface area (TPSA) is 58.5 Å². The van der Waals surface area contributed by atoms with Gasteiger partial charge in [-0.15, -0.1) is 0 Å². The maximum atomic E-state index is 10.4. The first kappa shape index (κ1) is 14.5. The predicted octanol–water partition coefficient (Wildman–Crippen LogP) is 2.26. The smallest absolute Gasteiger partial charge is 0.163 e. The van der Waals surface area contributed by atoms with Gasteiger partial charge < -0.3 is 14.7 Å². The maximum absolute atomic E-state index is 10.4. The van der Waals surface area contributed by atoms with Gasteiger partial charge in [-0.3, -0.25) is 0 Å². The zero-order valence-electron chi connectivity index (χ0n) is 11.9. The lowest BCUT2D eigenvalue weighted by Crippen LogP contribution is -2.47. The summed E-state index contributed by atoms with van der Waals surface area (Å²) in [4.78, 5) is 11.0. The molecule has 21 heavy (non-hydrogen) atoms. The highest BCUT2D eigenvalue weighted by molar-refractivity contribution is 6.35. The Bertz CT molecular complexity index is 642. The van der Waals surface area contributed by atoms with E-state index in [1.807, 2.05) is 18.2 Å². The molecule has 5 nitrogen and oxygen atoms in total. The van der Waals surface area contributed by atoms with Crippen LogP contribution in [0, 0.1) is 0 Å². The molecular weight excluding hydrogens is 290 g/mol. The standard InChI is InChI=1S/C15H18ClN3O2/c1-21-10-15(20)4-7-19(8-5-15)13-9-12(16)11-3-2-6-17-14(11)18-13/h2-3,6,9,20H,4-5,7-8,10H2,1H3. The molecule has 0 saturated carbocycles. The molecule has 1 aliphatic heterocycles. The Kier molecular flexibility index (Phi) is 3.97. The quantitative estimate of drug-likeness (QED) is 0.942. The Balaban J connectivity index is 1.82. The van der Waals surface area contributed by atoms with Crippen LogP contribution in [-0.2, 0) is 4.74 Å². The second kappa shape index (κ2) is 5.75. The van der Waals surface area contributed by atoms with Crippen molar-refractivity contribution >= 4 is 28.5 Å². The van der Waals surface area contributed by atoms with Gasteiger partial charge in [-0.1, -0.05) is 11.6 Å². The van der Waals surface area contributed by atoms with Crippen molar-refractivity contribution in [2.24, 2.45) is 0 Å². The van der Waals surface area contributed by atoms with E-state index in [1.54, 1.807) is 13.3 Å². The molecule has 1 fully saturated rings. The molecule has 0 bridgehead atoms. The minimum atomic E-state index is -0.732. The fourth-order valence-electron chi connectivity index (χ4n) is 2.73. The van der Waals surface area contributed by atoms with Crippen LogP contribution in [-0.4, -0.2) is 47.5 Å². The summed E-state index contributed by atoms with van der Waals surface area (Å²) in [6, 6.07) is 5.63. The van der Waals surface area contributed by atoms with E-state index in [0.29, 0.717) is 30.1 Å². The molecule has 112 valence electrons. The first-order valence-corrected chi connectivity index (χ1v) is 7.37. The van der Waals surface area contributed by atoms with Crippen LogP contribution >= 0.6 is 11.6 Å². The summed E-state index contributed by atoms with van der Waals surface area (Å²) in [7, 11) is 1.61. The van der Waals surface area contributed by atoms with E-state index in [9.17, 15) is 5.11 Å². The number of aromatic nitrogens is 2. The highest BCUT2D eigenvalue weighted by atomic mass is 35.5. The molecule has 3 heterocycles. The lowest BCUT2D eigenvalue weighted by Gasteiger charge is -2.38. The molecule has 1 aliphatic rings. The van der Waals surface area contributed by atoms with Gasteiger partial charge in [0.2, 0.25) is 0 Å². The van der Waals surface area contributed by atoms with Crippen molar-refractivity contribution in [3.63, 3.8) is 0 Å². The van der Waals surface area contributed by atoms with E-state index in [0.717, 1.165) is 24.3 Å². The monoisotopic (exact) mass is 307 g/mol. The van der Waals surface area contributed by atoms with Gasteiger partial charge in [0.1, 0.15) is 5.82 Å². The molecule has 0 radical (unpaired) electrons. The summed E-state index contributed by atoms with van der Waals surface area (Å²) in [5, 5.41) is 11.9. The summed E-state index contributed by atoms with van der Waals surface area (Å²) in [5.74, 6) is 0.811. The number of nitrogens with zero attached hydrogens (tertiary/aromatic N) is 3. The van der Waals surface area contributed by atoms with Crippen LogP contribution in [0.25, 0.3) is 11.0 Å². The Labute approximate surface area is 128 Å². The van der Waals surface area contributed by atoms with Crippen LogP contribution in [0.4, 0.5) is 5.82 Å². The van der Waals surface area contributed by atoms with E-state index in [-0.39, 0.29) is 0 Å². The Morgan fingerprint density at radius 2 is 2.19 bits per heavy atom. The minimum absolute atomic E-state index is 0.369. The molecule has 3 rings (SSSR count). The number of rotatable bonds is 3. The largest absolute Gasteiger partial charge is 0.387 e. The number of anilines is 1. The van der Waals surface area contributed by atoms with Crippen molar-refractivity contribution < 1.29 is 9.84 Å². The van der Waals surface area contributed by atoms with Crippen molar-refractivity contribution in [2.45, 2.75) is 18.4 Å². The fourth-order valence-corrected chi connectivity index (χ4v) is 2.98. The van der Waals surface area contributed by atoms with Crippen LogP contribution in [0.3, 0.4) is 0 Å². The molecule has 2 aromatic heterocycles. The lowest BCUT2D eigenvalue weighted by molar-refractivity contribution is -0.0472. The number of ether oxygens (including phenoxy) is 1. The molecule has 0 aliphatic carbocycles. The van der Waals surface area contributed by atoms with Crippen molar-refractivity contribution in [1.29, 1.82) is 0 Å². The average Bonchev–Trinajstić information content (AvgIpc) is 2.48. The summed E-state index contributed by atoms with van der Waals surface area (Å²) in [6.07, 6.45) is 3.02. The van der Waals surface area contributed by atoms with E-state index in [2.05, 4.69) is 14.9 Å². The van der Waals surface area contributed by atoms with Crippen LogP contribution < -0.4 is 4.90 Å². The van der Waals surface area contributed by atoms with Gasteiger partial charge in [0.25, 0.3) is 0 Å². The first-order valence-electron chi connectivity index (χ1n) is 6.99. The zero-order chi connectivity index (χ0) is 14.9. The number of fused-ring (bicyclic) bond motifs is 1. The van der Waals surface area contributed by atoms with Crippen molar-refractivity contribution in [3.05, 3.63) is 29.4 Å². The second-order valence-corrected chi connectivity index (χ2v) is 5.89. The molecule has 0 aromatic carbocycles. The number of methoxy groups -OCH3 is 1. The van der Waals surface area contributed by atoms with E-state index in [4.69, 9.17) is 16.3 Å². The number of hydrogen-bond acceptors (Lipinski definition) is 5. The van der Waals surface area contributed by atoms with Gasteiger partial charge in [0, 0.05) is 37.8 Å². The van der Waals surface area contributed by atoms with Crippen LogP contribution in [0.2, 0.25) is 5.02 Å². The lowest BCUT2D eigenvalue weighted by atomic mass is 9.92. The summed E-state index contributed by atoms with van der Waals surface area (Å²) in [6.45, 7) is 1.82. The SMILES string of the molecule is COCC1(O)CCN(c2cc(Cl)c3cccnc3n2)CC1. The third-order valence-electron chi connectivity index (χ3n) is 3.95. The summed E-state index contributed by atoms with van der Waals surface area (Å²) in [5.41, 5.74) is -0.0813. The van der Waals surface area contributed by atoms with Crippen LogP contribution in [0.15, 0.2) is 24.4 Å². The Morgan fingerprint density at radius 1 is 1.43 bits per heavy atom. The van der Waals surface area contributed by atoms with E-state index < -0.39 is 5.60 Å². The Morgan fingerprint density at radius 3 is 2.90 bits per heavy atom. The van der Waals surface area contributed by atoms with Gasteiger partial charge in [0.05, 0.1) is 17.2 Å². The average molecular weight is 308 g/mol. The Hall–Kier alpha value is -1.43. The van der Waals surface area contributed by atoms with Crippen LogP contribution in [0.5, 0.6) is 0 Å². The highest BCUT2D eigenvalue weighted by Crippen LogP contribution is 2.29. The molecule has 0 amide bonds. The fraction of sp³-hybridized carbons (Fsp3) is 0.467. The number of halogens is 1. The van der Waals surface area contributed by atoms with Gasteiger partial charge >= 0.3 is 0 Å². The number of aliphatic hydroxyl groups is 1. The molecule has 1 saturated heterocycles. The van der Waals surface area contributed by atoms with Gasteiger partial charge in [0.15, 0.2) is 5.65 Å². The van der Waals surface area contributed by atoms with Crippen molar-refractivity contribution in [3.8, 4) is 0 Å². The predicted molar refractivity (Wildman–Crippen MR) is 82.8 cm³/mol. The van der Waals surface area contributed by atoms with Gasteiger partial charge in [-0.2, -0.15) is 0 Å². The van der Waals surface area contributed by atoms with Gasteiger partial charge in [-0.05, 0) is 25.0 Å². The third kappa shape index (κ3) is 2.95. The molecule has 1 N–H and O–H groups in total. The third-order valence-corrected chi connectivity index (χ3v) is 4.26. The summed E-state index contributed by atoms with van der Waals surface area (Å²) >= 11 is 6.31. The van der Waals surface area contributed by atoms with E-state index in [1.165, 1.54) is 0 Å². The van der Waals surface area contributed by atoms with Crippen molar-refractivity contribution in [1.82, 2.24) is 9.97 Å². The van der Waals surface area contributed by atoms with Crippen molar-refractivity contribution in [2.75, 3.05) is 31.7 Å². The highest BCUT2D eigenvalue weighted by Gasteiger charge is 2.32. The second-order valence-electron chi connectivity index (χ2n) is 5.48. The van der Waals surface area contributed by atoms with Gasteiger partial charge in [-0.25, -0.2) is 9.97 Å². The molecule has 0 unspecified atom stereocenters. The number of piperidine rings is 1. The zero-order valence-corrected chi connectivity index (χ0v) is 12.7. The number of hydrogen-bond donors (Lipinski definition) is 1. The molecule has 0 atom stereocenters. The molecule has 0 spiro atoms. The first-order chi connectivity index (χ1) is 10.1. The minimum Gasteiger partial charge on any atom is -0.387 e.